The SMILES string of the molecule is O=PC(O)(O)C(C(=O)O)=C(Cl)Cl. The molecule has 0 amide bonds. The maximum absolute atomic E-state index is 10.3. The topological polar surface area (TPSA) is 94.8 Å². The predicted molar refractivity (Wildman–Crippen MR) is 41.1 cm³/mol. The van der Waals surface area contributed by atoms with Gasteiger partial charge in [-0.15, -0.1) is 0 Å². The van der Waals surface area contributed by atoms with E-state index in [4.69, 9.17) is 38.5 Å². The molecule has 0 unspecified atom stereocenters. The van der Waals surface area contributed by atoms with Gasteiger partial charge >= 0.3 is 5.97 Å². The van der Waals surface area contributed by atoms with Crippen molar-refractivity contribution in [2.45, 2.75) is 5.53 Å². The van der Waals surface area contributed by atoms with Gasteiger partial charge in [0.15, 0.2) is 0 Å². The van der Waals surface area contributed by atoms with Crippen molar-refractivity contribution in [1.29, 1.82) is 0 Å². The molecule has 0 aromatic carbocycles. The first-order valence-electron chi connectivity index (χ1n) is 2.41. The van der Waals surface area contributed by atoms with Crippen LogP contribution in [0.3, 0.4) is 0 Å². The summed E-state index contributed by atoms with van der Waals surface area (Å²) in [6, 6.07) is 0. The number of carboxylic acids is 1. The van der Waals surface area contributed by atoms with E-state index < -0.39 is 30.0 Å². The molecule has 0 atom stereocenters. The third-order valence-corrected chi connectivity index (χ3v) is 1.72. The molecule has 0 rings (SSSR count). The molecule has 0 aliphatic carbocycles. The highest BCUT2D eigenvalue weighted by atomic mass is 35.5. The lowest BCUT2D eigenvalue weighted by molar-refractivity contribution is -0.138. The second-order valence-corrected chi connectivity index (χ2v) is 3.42. The highest BCUT2D eigenvalue weighted by molar-refractivity contribution is 7.25. The molecule has 0 saturated heterocycles. The smallest absolute Gasteiger partial charge is 0.340 e. The molecule has 0 aromatic rings. The van der Waals surface area contributed by atoms with E-state index in [1.165, 1.54) is 0 Å². The summed E-state index contributed by atoms with van der Waals surface area (Å²) in [6.45, 7) is 0. The second-order valence-electron chi connectivity index (χ2n) is 1.67. The van der Waals surface area contributed by atoms with Crippen LogP contribution in [0.15, 0.2) is 10.1 Å². The molecule has 5 nitrogen and oxygen atoms in total. The van der Waals surface area contributed by atoms with Crippen LogP contribution in [0.5, 0.6) is 0 Å². The Morgan fingerprint density at radius 3 is 1.83 bits per heavy atom. The van der Waals surface area contributed by atoms with Crippen LogP contribution in [0.1, 0.15) is 0 Å². The Kier molecular flexibility index (Phi) is 4.10. The van der Waals surface area contributed by atoms with Crippen LogP contribution in [0.2, 0.25) is 0 Å². The van der Waals surface area contributed by atoms with E-state index in [2.05, 4.69) is 0 Å². The summed E-state index contributed by atoms with van der Waals surface area (Å²) < 4.78 is 9.19. The van der Waals surface area contributed by atoms with Crippen LogP contribution in [0, 0.1) is 0 Å². The predicted octanol–water partition coefficient (Wildman–Crippen LogP) is 0.690. The van der Waals surface area contributed by atoms with Crippen molar-refractivity contribution >= 4 is 37.6 Å². The monoisotopic (exact) mass is 232 g/mol. The number of halogens is 2. The normalized spacial score (nSPS) is 11.3. The molecule has 0 aromatic heterocycles. The van der Waals surface area contributed by atoms with E-state index in [-0.39, 0.29) is 0 Å². The van der Waals surface area contributed by atoms with Crippen LogP contribution in [0.4, 0.5) is 0 Å². The minimum atomic E-state index is -3.06. The summed E-state index contributed by atoms with van der Waals surface area (Å²) in [7, 11) is -1.23. The fourth-order valence-corrected chi connectivity index (χ4v) is 1.25. The minimum Gasteiger partial charge on any atom is -0.478 e. The van der Waals surface area contributed by atoms with Crippen molar-refractivity contribution in [1.82, 2.24) is 0 Å². The summed E-state index contributed by atoms with van der Waals surface area (Å²) in [6.07, 6.45) is 0. The lowest BCUT2D eigenvalue weighted by Gasteiger charge is -2.12. The Labute approximate surface area is 78.4 Å². The molecule has 0 radical (unpaired) electrons. The van der Waals surface area contributed by atoms with Crippen molar-refractivity contribution in [2.75, 3.05) is 0 Å². The summed E-state index contributed by atoms with van der Waals surface area (Å²) in [5, 5.41) is 25.8. The summed E-state index contributed by atoms with van der Waals surface area (Å²) in [5.41, 5.74) is -4.20. The number of hydrogen-bond donors (Lipinski definition) is 3. The second kappa shape index (κ2) is 4.16. The van der Waals surface area contributed by atoms with E-state index in [1.54, 1.807) is 0 Å². The summed E-state index contributed by atoms with van der Waals surface area (Å²) in [5.74, 6) is -1.76. The van der Waals surface area contributed by atoms with Gasteiger partial charge in [-0.1, -0.05) is 23.2 Å². The molecule has 3 N–H and O–H groups in total. The maximum atomic E-state index is 10.3. The molecule has 0 fully saturated rings. The zero-order valence-electron chi connectivity index (χ0n) is 5.36. The van der Waals surface area contributed by atoms with Gasteiger partial charge in [0.2, 0.25) is 8.46 Å². The summed E-state index contributed by atoms with van der Waals surface area (Å²) in [4.78, 5) is 10.3. The first-order valence-corrected chi connectivity index (χ1v) is 3.98. The number of rotatable bonds is 3. The Bertz CT molecular complexity index is 244. The first-order chi connectivity index (χ1) is 5.33. The lowest BCUT2D eigenvalue weighted by atomic mass is 10.3. The van der Waals surface area contributed by atoms with Crippen LogP contribution in [0.25, 0.3) is 0 Å². The highest BCUT2D eigenvalue weighted by Gasteiger charge is 2.37. The Morgan fingerprint density at radius 2 is 1.75 bits per heavy atom. The van der Waals surface area contributed by atoms with Gasteiger partial charge in [0.25, 0.3) is 5.53 Å². The quantitative estimate of drug-likeness (QED) is 0.378. The van der Waals surface area contributed by atoms with Crippen molar-refractivity contribution in [2.24, 2.45) is 0 Å². The molecule has 0 aliphatic rings. The molecule has 0 saturated carbocycles. The third kappa shape index (κ3) is 2.69. The number of carboxylic acid groups (broad SMARTS) is 1. The molecular formula is C4H3Cl2O5P. The largest absolute Gasteiger partial charge is 0.478 e. The number of carbonyl (C=O) groups is 1. The average molecular weight is 233 g/mol. The summed E-state index contributed by atoms with van der Waals surface area (Å²) >= 11 is 10.0. The highest BCUT2D eigenvalue weighted by Crippen LogP contribution is 2.31. The fraction of sp³-hybridized carbons (Fsp3) is 0.250. The average Bonchev–Trinajstić information content (AvgIpc) is 1.84. The van der Waals surface area contributed by atoms with Crippen molar-refractivity contribution in [3.05, 3.63) is 10.1 Å². The lowest BCUT2D eigenvalue weighted by Crippen LogP contribution is -2.28. The maximum Gasteiger partial charge on any atom is 0.340 e. The van der Waals surface area contributed by atoms with E-state index in [1.807, 2.05) is 0 Å². The molecule has 0 heterocycles. The van der Waals surface area contributed by atoms with Gasteiger partial charge in [-0.05, 0) is 0 Å². The van der Waals surface area contributed by atoms with Crippen molar-refractivity contribution < 1.29 is 24.7 Å². The number of aliphatic hydroxyl groups is 2. The van der Waals surface area contributed by atoms with Gasteiger partial charge in [0.1, 0.15) is 10.1 Å². The molecule has 12 heavy (non-hydrogen) atoms. The van der Waals surface area contributed by atoms with Crippen LogP contribution in [-0.2, 0) is 9.36 Å². The molecule has 0 aliphatic heterocycles. The van der Waals surface area contributed by atoms with Gasteiger partial charge < -0.3 is 15.3 Å². The van der Waals surface area contributed by atoms with Crippen molar-refractivity contribution in [3.63, 3.8) is 0 Å². The molecule has 68 valence electrons. The van der Waals surface area contributed by atoms with Crippen LogP contribution in [-0.4, -0.2) is 26.8 Å². The van der Waals surface area contributed by atoms with Crippen LogP contribution >= 0.6 is 31.7 Å². The van der Waals surface area contributed by atoms with Gasteiger partial charge in [0.05, 0.1) is 0 Å². The van der Waals surface area contributed by atoms with Gasteiger partial charge in [-0.2, -0.15) is 0 Å². The number of hydrogen-bond acceptors (Lipinski definition) is 4. The van der Waals surface area contributed by atoms with E-state index in [9.17, 15) is 9.36 Å². The Morgan fingerprint density at radius 1 is 1.33 bits per heavy atom. The third-order valence-electron chi connectivity index (χ3n) is 0.866. The molecular weight excluding hydrogens is 230 g/mol. The van der Waals surface area contributed by atoms with Gasteiger partial charge in [-0.25, -0.2) is 4.79 Å². The zero-order valence-corrected chi connectivity index (χ0v) is 7.77. The van der Waals surface area contributed by atoms with Gasteiger partial charge in [-0.3, -0.25) is 4.57 Å². The number of aliphatic carboxylic acids is 1. The van der Waals surface area contributed by atoms with E-state index in [0.717, 1.165) is 0 Å². The van der Waals surface area contributed by atoms with E-state index in [0.29, 0.717) is 0 Å². The molecule has 0 spiro atoms. The zero-order chi connectivity index (χ0) is 9.94. The first kappa shape index (κ1) is 11.8. The Hall–Kier alpha value is -0.190. The molecule has 0 bridgehead atoms. The molecule has 8 heteroatoms. The van der Waals surface area contributed by atoms with Crippen molar-refractivity contribution in [3.8, 4) is 0 Å². The Balaban J connectivity index is 5.18. The van der Waals surface area contributed by atoms with Crippen LogP contribution < -0.4 is 0 Å². The van der Waals surface area contributed by atoms with E-state index >= 15 is 0 Å². The van der Waals surface area contributed by atoms with Gasteiger partial charge in [0, 0.05) is 0 Å². The fourth-order valence-electron chi connectivity index (χ4n) is 0.397. The standard InChI is InChI=1S/C4H3Cl2O5P/c5-2(6)1(3(7)8)4(9,10)12-11/h9-10H,(H,7,8). The minimum absolute atomic E-state index is 0.865.